The van der Waals surface area contributed by atoms with Gasteiger partial charge in [0.1, 0.15) is 0 Å². The normalized spacial score (nSPS) is 36.1. The molecule has 0 radical (unpaired) electrons. The number of methoxy groups -OCH3 is 1. The van der Waals surface area contributed by atoms with Gasteiger partial charge in [0, 0.05) is 17.5 Å². The zero-order valence-corrected chi connectivity index (χ0v) is 17.0. The Bertz CT molecular complexity index is 737. The maximum absolute atomic E-state index is 12.5. The van der Waals surface area contributed by atoms with Crippen LogP contribution in [0.5, 0.6) is 11.5 Å². The van der Waals surface area contributed by atoms with Crippen LogP contribution in [0.25, 0.3) is 0 Å². The van der Waals surface area contributed by atoms with Gasteiger partial charge in [-0.25, -0.2) is 0 Å². The second-order valence-corrected chi connectivity index (χ2v) is 6.96. The van der Waals surface area contributed by atoms with E-state index in [2.05, 4.69) is 24.1 Å². The van der Waals surface area contributed by atoms with Crippen LogP contribution in [0.1, 0.15) is 19.0 Å². The first-order valence-electron chi connectivity index (χ1n) is 7.96. The monoisotopic (exact) mass is 337 g/mol. The van der Waals surface area contributed by atoms with Crippen molar-refractivity contribution in [3.05, 3.63) is 35.4 Å². The van der Waals surface area contributed by atoms with Gasteiger partial charge in [0.15, 0.2) is 23.4 Å². The number of benzene rings is 1. The van der Waals surface area contributed by atoms with Gasteiger partial charge < -0.3 is 15.8 Å². The van der Waals surface area contributed by atoms with Gasteiger partial charge in [0.25, 0.3) is 0 Å². The van der Waals surface area contributed by atoms with Crippen LogP contribution in [0.2, 0.25) is 0 Å². The first kappa shape index (κ1) is 16.3. The van der Waals surface area contributed by atoms with E-state index in [0.29, 0.717) is 12.0 Å². The predicted octanol–water partition coefficient (Wildman–Crippen LogP) is -1.17. The quantitative estimate of drug-likeness (QED) is 0.605. The van der Waals surface area contributed by atoms with Crippen molar-refractivity contribution in [3.63, 3.8) is 0 Å². The molecule has 1 aromatic carbocycles. The molecule has 0 amide bonds. The Kier molecular flexibility index (Phi) is 3.84. The number of nitrogens with zero attached hydrogens (tertiary/aromatic N) is 1. The Morgan fingerprint density at radius 2 is 2.26 bits per heavy atom. The molecule has 1 spiro atoms. The summed E-state index contributed by atoms with van der Waals surface area (Å²) in [7, 11) is 3.86. The fraction of sp³-hybridized carbons (Fsp3) is 0.500. The number of ketones is 1. The molecule has 4 aliphatic rings. The summed E-state index contributed by atoms with van der Waals surface area (Å²) >= 11 is 0. The van der Waals surface area contributed by atoms with Gasteiger partial charge in [-0.15, -0.1) is 0 Å². The van der Waals surface area contributed by atoms with Crippen molar-refractivity contribution in [1.29, 1.82) is 0 Å². The molecule has 5 heteroatoms. The Morgan fingerprint density at radius 1 is 1.43 bits per heavy atom. The van der Waals surface area contributed by atoms with E-state index >= 15 is 0 Å². The third-order valence-corrected chi connectivity index (χ3v) is 6.21. The smallest absolute Gasteiger partial charge is 1.00 e. The Hall–Kier alpha value is -0.174. The maximum atomic E-state index is 12.5. The molecule has 5 rings (SSSR count). The fourth-order valence-corrected chi connectivity index (χ4v) is 5.23. The maximum Gasteiger partial charge on any atom is 1.00 e. The van der Waals surface area contributed by atoms with E-state index in [1.54, 1.807) is 13.2 Å². The molecule has 0 N–H and O–H groups in total. The number of ether oxygens (including phenoxy) is 2. The molecule has 116 valence electrons. The van der Waals surface area contributed by atoms with Crippen LogP contribution >= 0.6 is 0 Å². The number of hydrogen-bond donors (Lipinski definition) is 0. The van der Waals surface area contributed by atoms with E-state index < -0.39 is 0 Å². The minimum Gasteiger partial charge on any atom is -1.00 e. The van der Waals surface area contributed by atoms with Crippen molar-refractivity contribution in [1.82, 2.24) is 4.90 Å². The topological polar surface area (TPSA) is 38.8 Å². The average Bonchev–Trinajstić information content (AvgIpc) is 2.88. The summed E-state index contributed by atoms with van der Waals surface area (Å²) in [5, 5.41) is 0. The molecule has 2 aliphatic carbocycles. The summed E-state index contributed by atoms with van der Waals surface area (Å²) in [4.78, 5) is 15.0. The number of likely N-dealkylation sites (tertiary alicyclic amines) is 1. The zero-order valence-electron chi connectivity index (χ0n) is 14.8. The largest absolute Gasteiger partial charge is 1.00 e. The molecule has 23 heavy (non-hydrogen) atoms. The first-order chi connectivity index (χ1) is 10.7. The third kappa shape index (κ3) is 1.86. The fourth-order valence-electron chi connectivity index (χ4n) is 5.23. The van der Waals surface area contributed by atoms with Crippen LogP contribution in [0.15, 0.2) is 24.3 Å². The first-order valence-corrected chi connectivity index (χ1v) is 7.96. The van der Waals surface area contributed by atoms with Crippen LogP contribution in [0.4, 0.5) is 0 Å². The molecule has 0 saturated carbocycles. The summed E-state index contributed by atoms with van der Waals surface area (Å²) < 4.78 is 11.7. The van der Waals surface area contributed by atoms with E-state index in [-0.39, 0.29) is 70.1 Å². The molecule has 1 aromatic rings. The number of carbonyl (C=O) groups is 1. The van der Waals surface area contributed by atoms with Gasteiger partial charge in [0.05, 0.1) is 12.5 Å². The third-order valence-electron chi connectivity index (χ3n) is 6.21. The van der Waals surface area contributed by atoms with Gasteiger partial charge in [-0.3, -0.25) is 4.79 Å². The van der Waals surface area contributed by atoms with Gasteiger partial charge in [-0.05, 0) is 44.1 Å². The Morgan fingerprint density at radius 3 is 3.04 bits per heavy atom. The second-order valence-electron chi connectivity index (χ2n) is 6.96. The van der Waals surface area contributed by atoms with Crippen LogP contribution in [0.3, 0.4) is 0 Å². The molecule has 1 saturated heterocycles. The Balaban J connectivity index is 0.000000845. The predicted molar refractivity (Wildman–Crippen MR) is 82.6 cm³/mol. The molecule has 2 bridgehead atoms. The number of carbonyl (C=O) groups excluding carboxylic acids is 1. The zero-order chi connectivity index (χ0) is 15.1. The van der Waals surface area contributed by atoms with Crippen LogP contribution < -0.4 is 60.9 Å². The summed E-state index contributed by atoms with van der Waals surface area (Å²) in [6, 6.07) is 4.60. The summed E-state index contributed by atoms with van der Waals surface area (Å²) in [5.74, 6) is 2.03. The van der Waals surface area contributed by atoms with E-state index in [1.807, 2.05) is 6.07 Å². The van der Waals surface area contributed by atoms with Crippen molar-refractivity contribution in [2.45, 2.75) is 30.4 Å². The average molecular weight is 337 g/mol. The van der Waals surface area contributed by atoms with Gasteiger partial charge in [-0.2, -0.15) is 0 Å². The van der Waals surface area contributed by atoms with Gasteiger partial charge in [-0.1, -0.05) is 12.1 Å². The number of rotatable bonds is 1. The molecule has 4 atom stereocenters. The number of likely N-dealkylation sites (N-methyl/N-ethyl adjacent to an activating group) is 1. The van der Waals surface area contributed by atoms with Crippen molar-refractivity contribution in [2.24, 2.45) is 5.92 Å². The van der Waals surface area contributed by atoms with Crippen molar-refractivity contribution >= 4 is 5.78 Å². The second kappa shape index (κ2) is 5.41. The number of hydrogen-bond acceptors (Lipinski definition) is 4. The molecule has 0 aromatic heterocycles. The summed E-state index contributed by atoms with van der Waals surface area (Å²) in [5.41, 5.74) is 2.40. The van der Waals surface area contributed by atoms with E-state index in [9.17, 15) is 4.79 Å². The minimum atomic E-state index is -0.371. The molecule has 0 unspecified atom stereocenters. The van der Waals surface area contributed by atoms with E-state index in [1.165, 1.54) is 11.1 Å². The van der Waals surface area contributed by atoms with Crippen LogP contribution in [-0.4, -0.2) is 43.5 Å². The molecular formula is C18H20KNO3. The van der Waals surface area contributed by atoms with Crippen LogP contribution in [-0.2, 0) is 16.6 Å². The molecule has 2 aliphatic heterocycles. The van der Waals surface area contributed by atoms with Gasteiger partial charge >= 0.3 is 51.4 Å². The molecule has 1 fully saturated rings. The summed E-state index contributed by atoms with van der Waals surface area (Å²) in [6.45, 7) is 1.01. The van der Waals surface area contributed by atoms with Crippen LogP contribution in [0, 0.1) is 5.92 Å². The number of piperidine rings is 1. The van der Waals surface area contributed by atoms with Crippen molar-refractivity contribution in [3.8, 4) is 11.5 Å². The molecule has 4 nitrogen and oxygen atoms in total. The SMILES string of the molecule is COc1ccc2c3c1O[C@H]1C(=O)C=C[C@H]4[C@@H](C2)N(C)CC[C@]314.[H-].[K+]. The molecular weight excluding hydrogens is 317 g/mol. The minimum absolute atomic E-state index is 0. The standard InChI is InChI=1S/C18H19NO3.K.H/c1-19-8-7-18-11-4-5-13(20)17(18)22-16-14(21-2)6-3-10(15(16)18)9-12(11)19;;/h3-6,11-12,17H,7-9H2,1-2H3;;/q;+1;-1/t11-,12+,17-,18-;;/m0../s1. The van der Waals surface area contributed by atoms with Crippen molar-refractivity contribution in [2.75, 3.05) is 20.7 Å². The van der Waals surface area contributed by atoms with Gasteiger partial charge in [0.2, 0.25) is 0 Å². The molecule has 2 heterocycles. The Labute approximate surface area is 180 Å². The summed E-state index contributed by atoms with van der Waals surface area (Å²) in [6.07, 6.45) is 5.50. The van der Waals surface area contributed by atoms with E-state index in [0.717, 1.165) is 30.9 Å². The van der Waals surface area contributed by atoms with E-state index in [4.69, 9.17) is 9.47 Å². The van der Waals surface area contributed by atoms with Crippen molar-refractivity contribution < 1.29 is 67.1 Å².